The van der Waals surface area contributed by atoms with Gasteiger partial charge in [0.1, 0.15) is 0 Å². The Balaban J connectivity index is 1.34. The molecule has 0 unspecified atom stereocenters. The van der Waals surface area contributed by atoms with E-state index in [1.165, 1.54) is 5.56 Å². The van der Waals surface area contributed by atoms with E-state index in [0.29, 0.717) is 5.92 Å². The molecule has 1 aliphatic carbocycles. The van der Waals surface area contributed by atoms with Crippen LogP contribution in [0.3, 0.4) is 0 Å². The predicted octanol–water partition coefficient (Wildman–Crippen LogP) is 5.16. The van der Waals surface area contributed by atoms with Crippen molar-refractivity contribution >= 4 is 34.1 Å². The minimum absolute atomic E-state index is 0.0712. The van der Waals surface area contributed by atoms with Crippen molar-refractivity contribution < 1.29 is 4.79 Å². The van der Waals surface area contributed by atoms with Gasteiger partial charge in [-0.3, -0.25) is 9.48 Å². The van der Waals surface area contributed by atoms with Gasteiger partial charge in [0.15, 0.2) is 0 Å². The molecule has 6 heteroatoms. The van der Waals surface area contributed by atoms with Crippen LogP contribution in [0, 0.1) is 5.92 Å². The summed E-state index contributed by atoms with van der Waals surface area (Å²) < 4.78 is 1.97. The molecule has 0 spiro atoms. The Morgan fingerprint density at radius 2 is 1.87 bits per heavy atom. The molecule has 0 aliphatic heterocycles. The van der Waals surface area contributed by atoms with E-state index in [4.69, 9.17) is 11.6 Å². The Hall–Kier alpha value is -2.37. The van der Waals surface area contributed by atoms with Gasteiger partial charge in [0.2, 0.25) is 5.91 Å². The Kier molecular flexibility index (Phi) is 6.40. The van der Waals surface area contributed by atoms with Crippen LogP contribution in [-0.2, 0) is 11.3 Å². The first-order valence-electron chi connectivity index (χ1n) is 10.7. The summed E-state index contributed by atoms with van der Waals surface area (Å²) in [6, 6.07) is 14.1. The van der Waals surface area contributed by atoms with Gasteiger partial charge in [-0.1, -0.05) is 23.7 Å². The molecule has 5 nitrogen and oxygen atoms in total. The highest BCUT2D eigenvalue weighted by atomic mass is 35.5. The number of fused-ring (bicyclic) bond motifs is 1. The summed E-state index contributed by atoms with van der Waals surface area (Å²) >= 11 is 6.00. The molecule has 1 N–H and O–H groups in total. The molecule has 1 fully saturated rings. The van der Waals surface area contributed by atoms with Crippen LogP contribution in [0.1, 0.15) is 37.2 Å². The average molecular weight is 425 g/mol. The zero-order valence-corrected chi connectivity index (χ0v) is 18.4. The number of nitrogens with one attached hydrogen (secondary N) is 1. The van der Waals surface area contributed by atoms with Crippen LogP contribution in [0.5, 0.6) is 0 Å². The lowest BCUT2D eigenvalue weighted by Crippen LogP contribution is -2.26. The van der Waals surface area contributed by atoms with Crippen molar-refractivity contribution in [2.75, 3.05) is 26.0 Å². The molecule has 1 amide bonds. The Bertz CT molecular complexity index is 1000. The van der Waals surface area contributed by atoms with Crippen molar-refractivity contribution in [3.8, 4) is 0 Å². The topological polar surface area (TPSA) is 50.2 Å². The first-order chi connectivity index (χ1) is 14.5. The van der Waals surface area contributed by atoms with E-state index in [-0.39, 0.29) is 11.8 Å². The maximum absolute atomic E-state index is 12.8. The minimum atomic E-state index is 0.0712. The highest BCUT2D eigenvalue weighted by Gasteiger charge is 2.27. The van der Waals surface area contributed by atoms with Crippen molar-refractivity contribution in [1.29, 1.82) is 0 Å². The molecule has 1 aliphatic rings. The first kappa shape index (κ1) is 20.9. The van der Waals surface area contributed by atoms with E-state index in [1.54, 1.807) is 0 Å². The van der Waals surface area contributed by atoms with Crippen LogP contribution in [-0.4, -0.2) is 41.2 Å². The van der Waals surface area contributed by atoms with E-state index < -0.39 is 0 Å². The normalized spacial score (nSPS) is 19.3. The molecule has 0 atom stereocenters. The minimum Gasteiger partial charge on any atom is -0.326 e. The number of halogens is 1. The third-order valence-electron chi connectivity index (χ3n) is 6.04. The fourth-order valence-corrected chi connectivity index (χ4v) is 4.36. The Morgan fingerprint density at radius 3 is 2.57 bits per heavy atom. The van der Waals surface area contributed by atoms with Crippen LogP contribution in [0.15, 0.2) is 48.7 Å². The molecule has 0 bridgehead atoms. The van der Waals surface area contributed by atoms with Crippen LogP contribution in [0.4, 0.5) is 5.69 Å². The summed E-state index contributed by atoms with van der Waals surface area (Å²) in [5.41, 5.74) is 3.07. The number of aromatic nitrogens is 2. The molecular formula is C24H29ClN4O. The maximum atomic E-state index is 12.8. The number of anilines is 1. The van der Waals surface area contributed by atoms with E-state index in [9.17, 15) is 4.79 Å². The van der Waals surface area contributed by atoms with Crippen molar-refractivity contribution in [2.24, 2.45) is 5.92 Å². The summed E-state index contributed by atoms with van der Waals surface area (Å²) in [7, 11) is 4.11. The second kappa shape index (κ2) is 9.19. The molecule has 3 aromatic rings. The molecular weight excluding hydrogens is 396 g/mol. The largest absolute Gasteiger partial charge is 0.326 e. The number of hydrogen-bond acceptors (Lipinski definition) is 3. The molecule has 1 aromatic heterocycles. The second-order valence-corrected chi connectivity index (χ2v) is 8.99. The molecule has 1 heterocycles. The number of carbonyl (C=O) groups is 1. The molecule has 0 saturated heterocycles. The van der Waals surface area contributed by atoms with Gasteiger partial charge in [-0.05, 0) is 81.6 Å². The van der Waals surface area contributed by atoms with Gasteiger partial charge >= 0.3 is 0 Å². The third kappa shape index (κ3) is 5.02. The number of benzene rings is 2. The number of hydrogen-bond donors (Lipinski definition) is 1. The van der Waals surface area contributed by atoms with E-state index in [0.717, 1.165) is 60.4 Å². The fraction of sp³-hybridized carbons (Fsp3) is 0.417. The number of likely N-dealkylation sites (N-methyl/N-ethyl adjacent to an activating group) is 1. The molecule has 1 saturated carbocycles. The lowest BCUT2D eigenvalue weighted by atomic mass is 9.78. The van der Waals surface area contributed by atoms with Gasteiger partial charge in [-0.25, -0.2) is 0 Å². The average Bonchev–Trinajstić information content (AvgIpc) is 3.15. The summed E-state index contributed by atoms with van der Waals surface area (Å²) in [6.45, 7) is 1.79. The molecule has 0 radical (unpaired) electrons. The fourth-order valence-electron chi connectivity index (χ4n) is 4.23. The number of carbonyl (C=O) groups excluding carboxylic acids is 1. The zero-order valence-electron chi connectivity index (χ0n) is 17.6. The van der Waals surface area contributed by atoms with Crippen molar-refractivity contribution in [2.45, 2.75) is 38.1 Å². The molecule has 158 valence electrons. The van der Waals surface area contributed by atoms with Crippen molar-refractivity contribution in [1.82, 2.24) is 14.7 Å². The monoisotopic (exact) mass is 424 g/mol. The SMILES string of the molecule is CN(C)CCn1cc2ccc(NC(=O)C3CCC(c4ccc(Cl)cc4)CC3)cc2n1. The van der Waals surface area contributed by atoms with E-state index in [2.05, 4.69) is 47.7 Å². The van der Waals surface area contributed by atoms with E-state index >= 15 is 0 Å². The summed E-state index contributed by atoms with van der Waals surface area (Å²) in [6.07, 6.45) is 5.97. The Labute approximate surface area is 183 Å². The number of nitrogens with zero attached hydrogens (tertiary/aromatic N) is 3. The van der Waals surface area contributed by atoms with Gasteiger partial charge in [0.25, 0.3) is 0 Å². The van der Waals surface area contributed by atoms with Gasteiger partial charge in [0.05, 0.1) is 12.1 Å². The van der Waals surface area contributed by atoms with E-state index in [1.807, 2.05) is 35.0 Å². The summed E-state index contributed by atoms with van der Waals surface area (Å²) in [5.74, 6) is 0.714. The molecule has 4 rings (SSSR count). The van der Waals surface area contributed by atoms with Crippen molar-refractivity contribution in [3.05, 3.63) is 59.2 Å². The smallest absolute Gasteiger partial charge is 0.227 e. The Morgan fingerprint density at radius 1 is 1.13 bits per heavy atom. The van der Waals surface area contributed by atoms with Gasteiger partial charge in [0, 0.05) is 34.8 Å². The van der Waals surface area contributed by atoms with Crippen LogP contribution < -0.4 is 5.32 Å². The van der Waals surface area contributed by atoms with Gasteiger partial charge in [-0.2, -0.15) is 5.10 Å². The lowest BCUT2D eigenvalue weighted by molar-refractivity contribution is -0.120. The first-order valence-corrected chi connectivity index (χ1v) is 11.0. The van der Waals surface area contributed by atoms with Gasteiger partial charge in [-0.15, -0.1) is 0 Å². The summed E-state index contributed by atoms with van der Waals surface area (Å²) in [4.78, 5) is 15.0. The van der Waals surface area contributed by atoms with Crippen LogP contribution in [0.2, 0.25) is 5.02 Å². The standard InChI is InChI=1S/C24H29ClN4O/c1-28(2)13-14-29-16-20-9-12-22(15-23(20)27-29)26-24(30)19-5-3-17(4-6-19)18-7-10-21(25)11-8-18/h7-12,15-17,19H,3-6,13-14H2,1-2H3,(H,26,30). The molecule has 2 aromatic carbocycles. The number of amides is 1. The highest BCUT2D eigenvalue weighted by Crippen LogP contribution is 2.36. The summed E-state index contributed by atoms with van der Waals surface area (Å²) in [5, 5.41) is 9.62. The van der Waals surface area contributed by atoms with Crippen LogP contribution >= 0.6 is 11.6 Å². The third-order valence-corrected chi connectivity index (χ3v) is 6.29. The molecule has 30 heavy (non-hydrogen) atoms. The second-order valence-electron chi connectivity index (χ2n) is 8.56. The van der Waals surface area contributed by atoms with Gasteiger partial charge < -0.3 is 10.2 Å². The van der Waals surface area contributed by atoms with Crippen molar-refractivity contribution in [3.63, 3.8) is 0 Å². The highest BCUT2D eigenvalue weighted by molar-refractivity contribution is 6.30. The van der Waals surface area contributed by atoms with Crippen LogP contribution in [0.25, 0.3) is 10.9 Å². The maximum Gasteiger partial charge on any atom is 0.227 e. The number of rotatable bonds is 6. The zero-order chi connectivity index (χ0) is 21.1. The lowest BCUT2D eigenvalue weighted by Gasteiger charge is -2.28. The predicted molar refractivity (Wildman–Crippen MR) is 123 cm³/mol. The quantitative estimate of drug-likeness (QED) is 0.594.